The maximum absolute atomic E-state index is 12.8. The van der Waals surface area contributed by atoms with Crippen LogP contribution in [0.25, 0.3) is 0 Å². The second-order valence-corrected chi connectivity index (χ2v) is 5.71. The zero-order valence-electron chi connectivity index (χ0n) is 12.2. The zero-order chi connectivity index (χ0) is 16.8. The van der Waals surface area contributed by atoms with Crippen molar-refractivity contribution in [2.75, 3.05) is 11.4 Å². The maximum atomic E-state index is 12.8. The molecule has 0 spiro atoms. The van der Waals surface area contributed by atoms with Gasteiger partial charge in [-0.15, -0.1) is 0 Å². The van der Waals surface area contributed by atoms with Crippen LogP contribution < -0.4 is 4.90 Å². The minimum absolute atomic E-state index is 0.125. The van der Waals surface area contributed by atoms with Crippen LogP contribution in [0.15, 0.2) is 24.3 Å². The molecule has 1 amide bonds. The Morgan fingerprint density at radius 3 is 2.70 bits per heavy atom. The minimum Gasteiger partial charge on any atom is -0.310 e. The summed E-state index contributed by atoms with van der Waals surface area (Å²) in [5.74, 6) is -0.314. The van der Waals surface area contributed by atoms with Gasteiger partial charge in [0, 0.05) is 12.2 Å². The van der Waals surface area contributed by atoms with Gasteiger partial charge < -0.3 is 4.90 Å². The van der Waals surface area contributed by atoms with E-state index in [0.29, 0.717) is 6.54 Å². The molecule has 2 aromatic rings. The fraction of sp³-hybridized carbons (Fsp3) is 0.333. The molecule has 8 heteroatoms. The molecule has 0 saturated carbocycles. The van der Waals surface area contributed by atoms with Crippen LogP contribution in [0.5, 0.6) is 0 Å². The molecule has 1 aliphatic rings. The Hall–Kier alpha value is -2.02. The normalized spacial score (nSPS) is 14.2. The first kappa shape index (κ1) is 15.9. The van der Waals surface area contributed by atoms with Gasteiger partial charge in [-0.05, 0) is 25.0 Å². The van der Waals surface area contributed by atoms with Gasteiger partial charge in [0.2, 0.25) is 5.91 Å². The van der Waals surface area contributed by atoms with Gasteiger partial charge in [0.05, 0.1) is 10.7 Å². The molecule has 2 heterocycles. The molecule has 4 nitrogen and oxygen atoms in total. The maximum Gasteiger partial charge on any atom is 0.436 e. The van der Waals surface area contributed by atoms with Gasteiger partial charge in [0.1, 0.15) is 6.54 Å². The van der Waals surface area contributed by atoms with Crippen LogP contribution >= 0.6 is 11.6 Å². The zero-order valence-corrected chi connectivity index (χ0v) is 12.9. The summed E-state index contributed by atoms with van der Waals surface area (Å²) in [4.78, 5) is 14.0. The molecule has 1 aliphatic heterocycles. The summed E-state index contributed by atoms with van der Waals surface area (Å²) in [5, 5.41) is 2.99. The Bertz CT molecular complexity index is 770. The van der Waals surface area contributed by atoms with Gasteiger partial charge >= 0.3 is 6.18 Å². The van der Waals surface area contributed by atoms with Crippen LogP contribution in [0.2, 0.25) is 5.02 Å². The summed E-state index contributed by atoms with van der Waals surface area (Å²) >= 11 is 5.69. The molecule has 0 unspecified atom stereocenters. The summed E-state index contributed by atoms with van der Waals surface area (Å²) in [5.41, 5.74) is 0.808. The van der Waals surface area contributed by atoms with Gasteiger partial charge in [-0.1, -0.05) is 29.8 Å². The van der Waals surface area contributed by atoms with Gasteiger partial charge in [-0.3, -0.25) is 9.48 Å². The Kier molecular flexibility index (Phi) is 3.83. The van der Waals surface area contributed by atoms with E-state index in [4.69, 9.17) is 11.6 Å². The molecule has 1 aromatic heterocycles. The molecule has 0 N–H and O–H groups in total. The molecule has 3 rings (SSSR count). The summed E-state index contributed by atoms with van der Waals surface area (Å²) in [7, 11) is 0. The van der Waals surface area contributed by atoms with Gasteiger partial charge in [-0.25, -0.2) is 0 Å². The SMILES string of the molecule is Cc1c(Cl)c(C(F)(F)F)nn1CC(=O)N1CCc2ccccc21. The van der Waals surface area contributed by atoms with Crippen molar-refractivity contribution in [3.63, 3.8) is 0 Å². The Balaban J connectivity index is 1.85. The average Bonchev–Trinajstić information content (AvgIpc) is 3.03. The smallest absolute Gasteiger partial charge is 0.310 e. The summed E-state index contributed by atoms with van der Waals surface area (Å²) in [6.07, 6.45) is -3.91. The van der Waals surface area contributed by atoms with E-state index in [9.17, 15) is 18.0 Å². The van der Waals surface area contributed by atoms with E-state index in [-0.39, 0.29) is 18.1 Å². The van der Waals surface area contributed by atoms with E-state index in [1.807, 2.05) is 24.3 Å². The monoisotopic (exact) mass is 343 g/mol. The van der Waals surface area contributed by atoms with E-state index in [0.717, 1.165) is 22.4 Å². The second-order valence-electron chi connectivity index (χ2n) is 5.33. The summed E-state index contributed by atoms with van der Waals surface area (Å²) < 4.78 is 39.5. The predicted molar refractivity (Wildman–Crippen MR) is 79.5 cm³/mol. The predicted octanol–water partition coefficient (Wildman–Crippen LogP) is 3.45. The number of anilines is 1. The number of halogens is 4. The van der Waals surface area contributed by atoms with Crippen molar-refractivity contribution in [1.29, 1.82) is 0 Å². The highest BCUT2D eigenvalue weighted by molar-refractivity contribution is 6.32. The lowest BCUT2D eigenvalue weighted by atomic mass is 10.2. The van der Waals surface area contributed by atoms with E-state index in [1.165, 1.54) is 6.92 Å². The number of carbonyl (C=O) groups is 1. The van der Waals surface area contributed by atoms with Crippen molar-refractivity contribution >= 4 is 23.2 Å². The van der Waals surface area contributed by atoms with Crippen LogP contribution in [0, 0.1) is 6.92 Å². The third-order valence-electron chi connectivity index (χ3n) is 3.88. The van der Waals surface area contributed by atoms with Gasteiger partial charge in [0.25, 0.3) is 0 Å². The minimum atomic E-state index is -4.64. The first-order chi connectivity index (χ1) is 10.8. The van der Waals surface area contributed by atoms with E-state index in [1.54, 1.807) is 4.90 Å². The number of benzene rings is 1. The van der Waals surface area contributed by atoms with Crippen LogP contribution in [0.1, 0.15) is 17.0 Å². The molecule has 1 aromatic carbocycles. The lowest BCUT2D eigenvalue weighted by molar-refractivity contribution is -0.141. The fourth-order valence-electron chi connectivity index (χ4n) is 2.67. The number of alkyl halides is 3. The Morgan fingerprint density at radius 2 is 2.04 bits per heavy atom. The van der Waals surface area contributed by atoms with Crippen LogP contribution in [0.4, 0.5) is 18.9 Å². The molecule has 23 heavy (non-hydrogen) atoms. The molecular formula is C15H13ClF3N3O. The molecule has 0 atom stereocenters. The number of fused-ring (bicyclic) bond motifs is 1. The number of carbonyl (C=O) groups excluding carboxylic acids is 1. The lowest BCUT2D eigenvalue weighted by Gasteiger charge is -2.17. The van der Waals surface area contributed by atoms with Gasteiger partial charge in [-0.2, -0.15) is 18.3 Å². The lowest BCUT2D eigenvalue weighted by Crippen LogP contribution is -2.32. The molecule has 0 fully saturated rings. The second kappa shape index (κ2) is 5.56. The molecule has 0 saturated heterocycles. The Morgan fingerprint density at radius 1 is 1.35 bits per heavy atom. The fourth-order valence-corrected chi connectivity index (χ4v) is 2.91. The van der Waals surface area contributed by atoms with E-state index < -0.39 is 16.9 Å². The van der Waals surface area contributed by atoms with Crippen molar-refractivity contribution in [2.45, 2.75) is 26.1 Å². The highest BCUT2D eigenvalue weighted by Crippen LogP contribution is 2.35. The van der Waals surface area contributed by atoms with Crippen LogP contribution in [-0.2, 0) is 23.9 Å². The number of para-hydroxylation sites is 1. The first-order valence-electron chi connectivity index (χ1n) is 6.97. The largest absolute Gasteiger partial charge is 0.436 e. The number of hydrogen-bond donors (Lipinski definition) is 0. The van der Waals surface area contributed by atoms with Crippen LogP contribution in [-0.4, -0.2) is 22.2 Å². The molecular weight excluding hydrogens is 331 g/mol. The summed E-state index contributed by atoms with van der Waals surface area (Å²) in [6, 6.07) is 7.47. The number of amides is 1. The van der Waals surface area contributed by atoms with E-state index in [2.05, 4.69) is 5.10 Å². The Labute approximate surface area is 135 Å². The number of rotatable bonds is 2. The topological polar surface area (TPSA) is 38.1 Å². The van der Waals surface area contributed by atoms with Gasteiger partial charge in [0.15, 0.2) is 5.69 Å². The molecule has 122 valence electrons. The van der Waals surface area contributed by atoms with Crippen molar-refractivity contribution in [2.24, 2.45) is 0 Å². The number of aromatic nitrogens is 2. The quantitative estimate of drug-likeness (QED) is 0.837. The van der Waals surface area contributed by atoms with Crippen LogP contribution in [0.3, 0.4) is 0 Å². The van der Waals surface area contributed by atoms with Crippen molar-refractivity contribution in [3.05, 3.63) is 46.2 Å². The third-order valence-corrected chi connectivity index (χ3v) is 4.33. The average molecular weight is 344 g/mol. The van der Waals surface area contributed by atoms with Crippen molar-refractivity contribution in [3.8, 4) is 0 Å². The van der Waals surface area contributed by atoms with Crippen molar-refractivity contribution < 1.29 is 18.0 Å². The highest BCUT2D eigenvalue weighted by atomic mass is 35.5. The highest BCUT2D eigenvalue weighted by Gasteiger charge is 2.38. The first-order valence-corrected chi connectivity index (χ1v) is 7.35. The molecule has 0 bridgehead atoms. The molecule has 0 radical (unpaired) electrons. The number of nitrogens with zero attached hydrogens (tertiary/aromatic N) is 3. The number of hydrogen-bond acceptors (Lipinski definition) is 2. The standard InChI is InChI=1S/C15H13ClF3N3O/c1-9-13(16)14(15(17,18)19)20-22(9)8-12(23)21-7-6-10-4-2-3-5-11(10)21/h2-5H,6-8H2,1H3. The molecule has 0 aliphatic carbocycles. The van der Waals surface area contributed by atoms with Crippen molar-refractivity contribution in [1.82, 2.24) is 9.78 Å². The summed E-state index contributed by atoms with van der Waals surface area (Å²) in [6.45, 7) is 1.64. The van der Waals surface area contributed by atoms with E-state index >= 15 is 0 Å². The third kappa shape index (κ3) is 2.81.